The van der Waals surface area contributed by atoms with Crippen LogP contribution in [0.3, 0.4) is 0 Å². The van der Waals surface area contributed by atoms with Crippen LogP contribution in [0, 0.1) is 6.92 Å². The summed E-state index contributed by atoms with van der Waals surface area (Å²) in [6.45, 7) is 9.97. The van der Waals surface area contributed by atoms with Crippen molar-refractivity contribution in [2.45, 2.75) is 58.7 Å². The maximum Gasteiger partial charge on any atom is 0.410 e. The van der Waals surface area contributed by atoms with E-state index in [4.69, 9.17) is 16.3 Å². The normalized spacial score (nSPS) is 14.6. The summed E-state index contributed by atoms with van der Waals surface area (Å²) >= 11 is 6.07. The van der Waals surface area contributed by atoms with Crippen LogP contribution in [-0.2, 0) is 11.3 Å². The zero-order valence-electron chi connectivity index (χ0n) is 21.0. The first-order chi connectivity index (χ1) is 16.7. The Balaban J connectivity index is 1.53. The highest BCUT2D eigenvalue weighted by molar-refractivity contribution is 6.30. The van der Waals surface area contributed by atoms with Crippen molar-refractivity contribution in [2.24, 2.45) is 0 Å². The van der Waals surface area contributed by atoms with Crippen molar-refractivity contribution in [2.75, 3.05) is 18.0 Å². The molecular weight excluding hydrogens is 458 g/mol. The van der Waals surface area contributed by atoms with Crippen molar-refractivity contribution in [3.05, 3.63) is 83.0 Å². The van der Waals surface area contributed by atoms with Crippen molar-refractivity contribution in [1.82, 2.24) is 9.88 Å². The van der Waals surface area contributed by atoms with Crippen LogP contribution in [0.2, 0.25) is 5.02 Å². The average Bonchev–Trinajstić information content (AvgIpc) is 2.83. The lowest BCUT2D eigenvalue weighted by Crippen LogP contribution is -2.48. The number of ether oxygens (including phenoxy) is 1. The third kappa shape index (κ3) is 6.76. The molecule has 0 bridgehead atoms. The molecule has 1 aliphatic heterocycles. The van der Waals surface area contributed by atoms with Crippen molar-refractivity contribution in [3.63, 3.8) is 0 Å². The van der Waals surface area contributed by atoms with Gasteiger partial charge in [0, 0.05) is 48.1 Å². The fourth-order valence-corrected chi connectivity index (χ4v) is 4.53. The fourth-order valence-electron chi connectivity index (χ4n) is 4.40. The zero-order valence-corrected chi connectivity index (χ0v) is 21.8. The Labute approximate surface area is 213 Å². The molecule has 0 unspecified atom stereocenters. The first-order valence-electron chi connectivity index (χ1n) is 12.2. The van der Waals surface area contributed by atoms with Crippen LogP contribution in [0.5, 0.6) is 0 Å². The van der Waals surface area contributed by atoms with Crippen molar-refractivity contribution in [1.29, 1.82) is 0 Å². The Morgan fingerprint density at radius 1 is 1.06 bits per heavy atom. The highest BCUT2D eigenvalue weighted by Crippen LogP contribution is 2.28. The summed E-state index contributed by atoms with van der Waals surface area (Å²) in [6, 6.07) is 21.0. The predicted octanol–water partition coefficient (Wildman–Crippen LogP) is 7.12. The van der Waals surface area contributed by atoms with Crippen molar-refractivity contribution in [3.8, 4) is 11.3 Å². The molecule has 0 spiro atoms. The standard InChI is InChI=1S/C29H34ClN3O2/c1-21-5-11-25(12-6-21)33(26-14-17-32(18-15-26)28(34)35-29(2,3)4)20-22-13-16-31-27(19-22)23-7-9-24(30)10-8-23/h5-13,16,19,26H,14-15,17-18,20H2,1-4H3. The molecule has 184 valence electrons. The molecule has 3 aromatic rings. The van der Waals surface area contributed by atoms with Gasteiger partial charge in [-0.2, -0.15) is 0 Å². The number of halogens is 1. The number of likely N-dealkylation sites (tertiary alicyclic amines) is 1. The van der Waals surface area contributed by atoms with Gasteiger partial charge in [0.15, 0.2) is 0 Å². The number of hydrogen-bond donors (Lipinski definition) is 0. The van der Waals surface area contributed by atoms with Gasteiger partial charge in [-0.25, -0.2) is 4.79 Å². The monoisotopic (exact) mass is 491 g/mol. The smallest absolute Gasteiger partial charge is 0.410 e. The minimum atomic E-state index is -0.481. The molecule has 0 N–H and O–H groups in total. The number of carbonyl (C=O) groups is 1. The highest BCUT2D eigenvalue weighted by Gasteiger charge is 2.30. The van der Waals surface area contributed by atoms with Gasteiger partial charge in [-0.05, 0) is 82.5 Å². The van der Waals surface area contributed by atoms with E-state index >= 15 is 0 Å². The van der Waals surface area contributed by atoms with Gasteiger partial charge in [-0.3, -0.25) is 4.98 Å². The molecule has 1 saturated heterocycles. The number of piperidine rings is 1. The summed E-state index contributed by atoms with van der Waals surface area (Å²) in [7, 11) is 0. The first-order valence-corrected chi connectivity index (χ1v) is 12.6. The largest absolute Gasteiger partial charge is 0.444 e. The molecule has 4 rings (SSSR count). The molecule has 2 heterocycles. The van der Waals surface area contributed by atoms with E-state index in [0.29, 0.717) is 24.2 Å². The number of aromatic nitrogens is 1. The molecule has 0 saturated carbocycles. The van der Waals surface area contributed by atoms with Crippen LogP contribution in [0.1, 0.15) is 44.7 Å². The molecule has 2 aromatic carbocycles. The Morgan fingerprint density at radius 2 is 1.71 bits per heavy atom. The van der Waals surface area contributed by atoms with E-state index in [0.717, 1.165) is 30.6 Å². The molecule has 0 radical (unpaired) electrons. The van der Waals surface area contributed by atoms with Crippen LogP contribution in [0.25, 0.3) is 11.3 Å². The van der Waals surface area contributed by atoms with Crippen LogP contribution in [0.4, 0.5) is 10.5 Å². The SMILES string of the molecule is Cc1ccc(N(Cc2ccnc(-c3ccc(Cl)cc3)c2)C2CCN(C(=O)OC(C)(C)C)CC2)cc1. The molecule has 5 nitrogen and oxygen atoms in total. The van der Waals surface area contributed by atoms with E-state index in [9.17, 15) is 4.79 Å². The number of nitrogens with zero attached hydrogens (tertiary/aromatic N) is 3. The number of carbonyl (C=O) groups excluding carboxylic acids is 1. The van der Waals surface area contributed by atoms with E-state index < -0.39 is 5.60 Å². The third-order valence-corrected chi connectivity index (χ3v) is 6.49. The summed E-state index contributed by atoms with van der Waals surface area (Å²) in [5, 5.41) is 0.716. The topological polar surface area (TPSA) is 45.7 Å². The highest BCUT2D eigenvalue weighted by atomic mass is 35.5. The van der Waals surface area contributed by atoms with Gasteiger partial charge in [-0.15, -0.1) is 0 Å². The Bertz CT molecular complexity index is 1130. The number of rotatable bonds is 5. The number of amides is 1. The average molecular weight is 492 g/mol. The minimum Gasteiger partial charge on any atom is -0.444 e. The predicted molar refractivity (Wildman–Crippen MR) is 143 cm³/mol. The van der Waals surface area contributed by atoms with E-state index in [-0.39, 0.29) is 6.09 Å². The van der Waals surface area contributed by atoms with Gasteiger partial charge < -0.3 is 14.5 Å². The van der Waals surface area contributed by atoms with Gasteiger partial charge in [0.2, 0.25) is 0 Å². The number of aryl methyl sites for hydroxylation is 1. The van der Waals surface area contributed by atoms with Gasteiger partial charge in [0.05, 0.1) is 5.69 Å². The zero-order chi connectivity index (χ0) is 25.0. The number of pyridine rings is 1. The molecule has 1 aliphatic rings. The van der Waals surface area contributed by atoms with Gasteiger partial charge in [0.25, 0.3) is 0 Å². The molecule has 6 heteroatoms. The Hall–Kier alpha value is -3.05. The summed E-state index contributed by atoms with van der Waals surface area (Å²) in [4.78, 5) is 21.4. The van der Waals surface area contributed by atoms with Crippen LogP contribution >= 0.6 is 11.6 Å². The molecule has 1 aromatic heterocycles. The number of hydrogen-bond acceptors (Lipinski definition) is 4. The van der Waals surface area contributed by atoms with E-state index in [2.05, 4.69) is 53.2 Å². The quantitative estimate of drug-likeness (QED) is 0.381. The fraction of sp³-hybridized carbons (Fsp3) is 0.379. The number of anilines is 1. The maximum atomic E-state index is 12.6. The third-order valence-electron chi connectivity index (χ3n) is 6.24. The Morgan fingerprint density at radius 3 is 2.34 bits per heavy atom. The summed E-state index contributed by atoms with van der Waals surface area (Å²) in [5.41, 5.74) is 5.12. The minimum absolute atomic E-state index is 0.223. The van der Waals surface area contributed by atoms with Gasteiger partial charge in [0.1, 0.15) is 5.60 Å². The molecule has 1 fully saturated rings. The lowest BCUT2D eigenvalue weighted by molar-refractivity contribution is 0.0204. The molecule has 0 aliphatic carbocycles. The van der Waals surface area contributed by atoms with Crippen molar-refractivity contribution < 1.29 is 9.53 Å². The second-order valence-corrected chi connectivity index (χ2v) is 10.7. The van der Waals surface area contributed by atoms with E-state index in [1.807, 2.05) is 56.1 Å². The van der Waals surface area contributed by atoms with Gasteiger partial charge in [-0.1, -0.05) is 41.4 Å². The van der Waals surface area contributed by atoms with E-state index in [1.54, 1.807) is 0 Å². The Kier molecular flexibility index (Phi) is 7.66. The molecular formula is C29H34ClN3O2. The second-order valence-electron chi connectivity index (χ2n) is 10.2. The summed E-state index contributed by atoms with van der Waals surface area (Å²) in [6.07, 6.45) is 3.43. The van der Waals surface area contributed by atoms with E-state index in [1.165, 1.54) is 16.8 Å². The lowest BCUT2D eigenvalue weighted by atomic mass is 10.0. The van der Waals surface area contributed by atoms with Crippen LogP contribution in [0.15, 0.2) is 66.9 Å². The van der Waals surface area contributed by atoms with Crippen LogP contribution < -0.4 is 4.90 Å². The molecule has 1 amide bonds. The van der Waals surface area contributed by atoms with Gasteiger partial charge >= 0.3 is 6.09 Å². The maximum absolute atomic E-state index is 12.6. The summed E-state index contributed by atoms with van der Waals surface area (Å²) in [5.74, 6) is 0. The molecule has 35 heavy (non-hydrogen) atoms. The van der Waals surface area contributed by atoms with Crippen LogP contribution in [-0.4, -0.2) is 40.7 Å². The number of benzene rings is 2. The van der Waals surface area contributed by atoms with Crippen molar-refractivity contribution >= 4 is 23.4 Å². The first kappa shape index (κ1) is 25.1. The second kappa shape index (κ2) is 10.7. The lowest BCUT2D eigenvalue weighted by Gasteiger charge is -2.40. The molecule has 0 atom stereocenters. The summed E-state index contributed by atoms with van der Waals surface area (Å²) < 4.78 is 5.59.